The quantitative estimate of drug-likeness (QED) is 0.342. The van der Waals surface area contributed by atoms with Crippen LogP contribution in [0.25, 0.3) is 21.7 Å². The Balaban J connectivity index is 1.09. The number of benzene rings is 2. The number of hydrogen-bond acceptors (Lipinski definition) is 9. The topological polar surface area (TPSA) is 87.8 Å². The summed E-state index contributed by atoms with van der Waals surface area (Å²) in [6.07, 6.45) is -5.03. The van der Waals surface area contributed by atoms with E-state index in [9.17, 15) is 18.3 Å². The van der Waals surface area contributed by atoms with E-state index in [1.54, 1.807) is 11.3 Å². The molecule has 2 atom stereocenters. The first kappa shape index (κ1) is 26.5. The van der Waals surface area contributed by atoms with E-state index in [0.29, 0.717) is 30.2 Å². The van der Waals surface area contributed by atoms with Crippen LogP contribution < -0.4 is 4.74 Å². The molecule has 0 unspecified atom stereocenters. The monoisotopic (exact) mass is 547 g/mol. The number of aliphatic hydroxyl groups excluding tert-OH is 1. The van der Waals surface area contributed by atoms with E-state index < -0.39 is 17.8 Å². The molecule has 1 fully saturated rings. The number of thiazole rings is 1. The van der Waals surface area contributed by atoms with Crippen LogP contribution in [-0.2, 0) is 12.7 Å². The minimum atomic E-state index is -4.39. The molecular weight excluding hydrogens is 519 g/mol. The second kappa shape index (κ2) is 11.0. The number of aryl methyl sites for hydroxylation is 1. The minimum absolute atomic E-state index is 0.188. The van der Waals surface area contributed by atoms with E-state index in [1.807, 2.05) is 25.1 Å². The van der Waals surface area contributed by atoms with Crippen molar-refractivity contribution < 1.29 is 27.5 Å². The molecule has 8 nitrogen and oxygen atoms in total. The third-order valence-corrected chi connectivity index (χ3v) is 7.45. The lowest BCUT2D eigenvalue weighted by Crippen LogP contribution is -2.53. The van der Waals surface area contributed by atoms with Crippen LogP contribution >= 0.6 is 11.3 Å². The SMILES string of the molecule is Cc1nc2cc(OC[C@H](O)CN3CCN(Cc4noc(-c5ccc(C(F)(F)F)cc5)n4)C[C@@H]3C)ccc2s1. The molecule has 0 amide bonds. The molecule has 0 spiro atoms. The first-order valence-electron chi connectivity index (χ1n) is 12.3. The number of aliphatic hydroxyl groups is 1. The number of rotatable bonds is 8. The van der Waals surface area contributed by atoms with Gasteiger partial charge in [-0.05, 0) is 50.2 Å². The largest absolute Gasteiger partial charge is 0.491 e. The highest BCUT2D eigenvalue weighted by Gasteiger charge is 2.30. The molecule has 202 valence electrons. The van der Waals surface area contributed by atoms with E-state index in [1.165, 1.54) is 12.1 Å². The molecule has 0 radical (unpaired) electrons. The van der Waals surface area contributed by atoms with E-state index in [2.05, 4.69) is 31.8 Å². The zero-order chi connectivity index (χ0) is 26.9. The lowest BCUT2D eigenvalue weighted by molar-refractivity contribution is -0.137. The van der Waals surface area contributed by atoms with Gasteiger partial charge in [-0.2, -0.15) is 18.2 Å². The molecule has 1 aliphatic heterocycles. The highest BCUT2D eigenvalue weighted by atomic mass is 32.1. The number of β-amino-alcohol motifs (C(OH)–C–C–N with tert-alkyl or cyclic N) is 1. The number of nitrogens with zero attached hydrogens (tertiary/aromatic N) is 5. The zero-order valence-corrected chi connectivity index (χ0v) is 21.8. The predicted molar refractivity (Wildman–Crippen MR) is 137 cm³/mol. The molecule has 38 heavy (non-hydrogen) atoms. The standard InChI is InChI=1S/C26H28F3N5O3S/c1-16-12-33(14-24-31-25(37-32-24)18-3-5-19(6-4-18)26(27,28)29)9-10-34(16)13-20(35)15-36-21-7-8-23-22(11-21)30-17(2)38-23/h3-8,11,16,20,35H,9-10,12-15H2,1-2H3/t16-,20+/m0/s1. The van der Waals surface area contributed by atoms with Gasteiger partial charge in [-0.25, -0.2) is 4.98 Å². The molecule has 2 aromatic heterocycles. The van der Waals surface area contributed by atoms with Crippen LogP contribution in [0.15, 0.2) is 47.0 Å². The van der Waals surface area contributed by atoms with Crippen molar-refractivity contribution in [1.29, 1.82) is 0 Å². The zero-order valence-electron chi connectivity index (χ0n) is 21.0. The summed E-state index contributed by atoms with van der Waals surface area (Å²) in [4.78, 5) is 13.3. The Bertz CT molecular complexity index is 1370. The van der Waals surface area contributed by atoms with Crippen molar-refractivity contribution in [2.75, 3.05) is 32.8 Å². The highest BCUT2D eigenvalue weighted by molar-refractivity contribution is 7.18. The second-order valence-electron chi connectivity index (χ2n) is 9.50. The van der Waals surface area contributed by atoms with Crippen LogP contribution in [0, 0.1) is 6.92 Å². The number of hydrogen-bond donors (Lipinski definition) is 1. The molecule has 12 heteroatoms. The first-order valence-corrected chi connectivity index (χ1v) is 13.1. The molecule has 0 saturated carbocycles. The summed E-state index contributed by atoms with van der Waals surface area (Å²) in [6.45, 7) is 7.48. The fourth-order valence-corrected chi connectivity index (χ4v) is 5.36. The van der Waals surface area contributed by atoms with Gasteiger partial charge in [0.25, 0.3) is 5.89 Å². The molecule has 1 saturated heterocycles. The number of ether oxygens (including phenoxy) is 1. The average Bonchev–Trinajstić information content (AvgIpc) is 3.49. The van der Waals surface area contributed by atoms with Gasteiger partial charge < -0.3 is 14.4 Å². The van der Waals surface area contributed by atoms with Crippen molar-refractivity contribution in [3.63, 3.8) is 0 Å². The van der Waals surface area contributed by atoms with E-state index in [0.717, 1.165) is 47.0 Å². The summed E-state index contributed by atoms with van der Waals surface area (Å²) in [5.74, 6) is 1.35. The van der Waals surface area contributed by atoms with Crippen molar-refractivity contribution in [2.45, 2.75) is 38.7 Å². The average molecular weight is 548 g/mol. The summed E-state index contributed by atoms with van der Waals surface area (Å²) < 4.78 is 50.6. The summed E-state index contributed by atoms with van der Waals surface area (Å²) in [6, 6.07) is 10.6. The van der Waals surface area contributed by atoms with Crippen molar-refractivity contribution >= 4 is 21.6 Å². The molecule has 5 rings (SSSR count). The van der Waals surface area contributed by atoms with Crippen molar-refractivity contribution in [3.8, 4) is 17.2 Å². The normalized spacial score (nSPS) is 18.2. The Morgan fingerprint density at radius 1 is 1.16 bits per heavy atom. The van der Waals surface area contributed by atoms with Crippen LogP contribution in [0.2, 0.25) is 0 Å². The lowest BCUT2D eigenvalue weighted by atomic mass is 10.1. The lowest BCUT2D eigenvalue weighted by Gasteiger charge is -2.40. The van der Waals surface area contributed by atoms with Crippen molar-refractivity contribution in [3.05, 3.63) is 58.9 Å². The van der Waals surface area contributed by atoms with Gasteiger partial charge in [0.05, 0.1) is 27.3 Å². The number of fused-ring (bicyclic) bond motifs is 1. The maximum atomic E-state index is 12.8. The molecule has 0 bridgehead atoms. The van der Waals surface area contributed by atoms with Gasteiger partial charge in [0.1, 0.15) is 18.5 Å². The molecule has 3 heterocycles. The number of alkyl halides is 3. The van der Waals surface area contributed by atoms with E-state index >= 15 is 0 Å². The Kier molecular flexibility index (Phi) is 7.66. The third-order valence-electron chi connectivity index (χ3n) is 6.50. The maximum Gasteiger partial charge on any atom is 0.416 e. The fourth-order valence-electron chi connectivity index (χ4n) is 4.55. The molecule has 0 aliphatic carbocycles. The van der Waals surface area contributed by atoms with Crippen LogP contribution in [0.3, 0.4) is 0 Å². The molecule has 2 aromatic carbocycles. The summed E-state index contributed by atoms with van der Waals surface area (Å²) in [5.41, 5.74) is 0.613. The van der Waals surface area contributed by atoms with Gasteiger partial charge in [0.15, 0.2) is 5.82 Å². The van der Waals surface area contributed by atoms with Crippen LogP contribution in [0.4, 0.5) is 13.2 Å². The third kappa shape index (κ3) is 6.32. The number of halogens is 3. The molecule has 4 aromatic rings. The van der Waals surface area contributed by atoms with Gasteiger partial charge >= 0.3 is 6.18 Å². The van der Waals surface area contributed by atoms with Gasteiger partial charge in [-0.15, -0.1) is 11.3 Å². The number of piperazine rings is 1. The van der Waals surface area contributed by atoms with Gasteiger partial charge in [-0.3, -0.25) is 9.80 Å². The molecule has 1 aliphatic rings. The predicted octanol–water partition coefficient (Wildman–Crippen LogP) is 4.62. The van der Waals surface area contributed by atoms with Crippen LogP contribution in [0.5, 0.6) is 5.75 Å². The maximum absolute atomic E-state index is 12.8. The summed E-state index contributed by atoms with van der Waals surface area (Å²) >= 11 is 1.64. The molecule has 1 N–H and O–H groups in total. The van der Waals surface area contributed by atoms with Crippen LogP contribution in [-0.4, -0.2) is 75.0 Å². The Morgan fingerprint density at radius 2 is 1.95 bits per heavy atom. The van der Waals surface area contributed by atoms with E-state index in [-0.39, 0.29) is 18.5 Å². The smallest absolute Gasteiger partial charge is 0.416 e. The minimum Gasteiger partial charge on any atom is -0.491 e. The molecular formula is C26H28F3N5O3S. The number of aromatic nitrogens is 3. The summed E-state index contributed by atoms with van der Waals surface area (Å²) in [7, 11) is 0. The van der Waals surface area contributed by atoms with Crippen molar-refractivity contribution in [1.82, 2.24) is 24.9 Å². The van der Waals surface area contributed by atoms with Crippen molar-refractivity contribution in [2.24, 2.45) is 0 Å². The Hall–Kier alpha value is -3.06. The first-order chi connectivity index (χ1) is 18.1. The van der Waals surface area contributed by atoms with E-state index in [4.69, 9.17) is 9.26 Å². The highest BCUT2D eigenvalue weighted by Crippen LogP contribution is 2.31. The Morgan fingerprint density at radius 3 is 2.68 bits per heavy atom. The second-order valence-corrected chi connectivity index (χ2v) is 10.7. The van der Waals surface area contributed by atoms with Gasteiger partial charge in [0, 0.05) is 43.9 Å². The van der Waals surface area contributed by atoms with Crippen LogP contribution in [0.1, 0.15) is 23.3 Å². The Labute approximate surface area is 221 Å². The summed E-state index contributed by atoms with van der Waals surface area (Å²) in [5, 5.41) is 15.6. The van der Waals surface area contributed by atoms with Gasteiger partial charge in [-0.1, -0.05) is 5.16 Å². The van der Waals surface area contributed by atoms with Gasteiger partial charge in [0.2, 0.25) is 0 Å². The fraction of sp³-hybridized carbons (Fsp3) is 0.423.